The molecular weight excluding hydrogens is 404 g/mol. The van der Waals surface area contributed by atoms with Crippen molar-refractivity contribution in [2.45, 2.75) is 13.8 Å². The number of carbonyl (C=O) groups is 2. The Morgan fingerprint density at radius 2 is 1.77 bits per heavy atom. The summed E-state index contributed by atoms with van der Waals surface area (Å²) in [6.45, 7) is 3.57. The van der Waals surface area contributed by atoms with Gasteiger partial charge in [-0.15, -0.1) is 0 Å². The van der Waals surface area contributed by atoms with Crippen molar-refractivity contribution in [1.29, 1.82) is 0 Å². The summed E-state index contributed by atoms with van der Waals surface area (Å²) >= 11 is 0. The summed E-state index contributed by atoms with van der Waals surface area (Å²) in [5, 5.41) is 17.3. The number of aromatic nitrogens is 2. The van der Waals surface area contributed by atoms with E-state index in [1.165, 1.54) is 24.3 Å². The summed E-state index contributed by atoms with van der Waals surface area (Å²) in [6.07, 6.45) is 0. The maximum Gasteiger partial charge on any atom is 0.360 e. The molecule has 3 aromatic rings. The number of benzene rings is 2. The third kappa shape index (κ3) is 4.81. The maximum atomic E-state index is 12.6. The highest BCUT2D eigenvalue weighted by Gasteiger charge is 2.21. The van der Waals surface area contributed by atoms with Crippen LogP contribution in [0.15, 0.2) is 59.4 Å². The lowest BCUT2D eigenvalue weighted by molar-refractivity contribution is -0.384. The molecule has 0 aliphatic carbocycles. The number of hydrogen-bond acceptors (Lipinski definition) is 7. The number of nitrogens with one attached hydrogen (secondary N) is 1. The summed E-state index contributed by atoms with van der Waals surface area (Å²) in [5.74, 6) is -1.49. The summed E-state index contributed by atoms with van der Waals surface area (Å²) in [5.41, 5.74) is 0.390. The van der Waals surface area contributed by atoms with Crippen LogP contribution in [0.3, 0.4) is 0 Å². The Kier molecular flexibility index (Phi) is 6.20. The predicted octanol–water partition coefficient (Wildman–Crippen LogP) is 2.88. The molecule has 0 aliphatic heterocycles. The number of nitrogens with zero attached hydrogens (tertiary/aromatic N) is 3. The van der Waals surface area contributed by atoms with Gasteiger partial charge in [-0.05, 0) is 38.1 Å². The number of anilines is 1. The Morgan fingerprint density at radius 3 is 2.35 bits per heavy atom. The van der Waals surface area contributed by atoms with Crippen LogP contribution in [0.5, 0.6) is 0 Å². The van der Waals surface area contributed by atoms with Crippen LogP contribution in [0.25, 0.3) is 5.69 Å². The smallest absolute Gasteiger partial charge is 0.360 e. The van der Waals surface area contributed by atoms with Gasteiger partial charge in [0.25, 0.3) is 17.2 Å². The number of non-ortho nitro benzene ring substituents is 1. The van der Waals surface area contributed by atoms with Crippen LogP contribution in [-0.2, 0) is 4.74 Å². The molecule has 3 rings (SSSR count). The van der Waals surface area contributed by atoms with E-state index >= 15 is 0 Å². The molecule has 158 valence electrons. The molecule has 0 saturated heterocycles. The fraction of sp³-hybridized carbons (Fsp3) is 0.143. The number of rotatable bonds is 6. The fourth-order valence-electron chi connectivity index (χ4n) is 2.70. The second-order valence-electron chi connectivity index (χ2n) is 6.47. The van der Waals surface area contributed by atoms with Gasteiger partial charge in [-0.2, -0.15) is 9.78 Å². The van der Waals surface area contributed by atoms with Crippen LogP contribution in [0, 0.1) is 17.0 Å². The molecule has 2 aromatic carbocycles. The van der Waals surface area contributed by atoms with E-state index < -0.39 is 22.4 Å². The molecule has 0 bridgehead atoms. The minimum Gasteiger partial charge on any atom is -0.461 e. The molecule has 31 heavy (non-hydrogen) atoms. The highest BCUT2D eigenvalue weighted by molar-refractivity contribution is 6.07. The van der Waals surface area contributed by atoms with Crippen molar-refractivity contribution in [3.63, 3.8) is 0 Å². The lowest BCUT2D eigenvalue weighted by Crippen LogP contribution is -2.27. The predicted molar refractivity (Wildman–Crippen MR) is 112 cm³/mol. The van der Waals surface area contributed by atoms with Crippen molar-refractivity contribution in [2.75, 3.05) is 11.9 Å². The topological polar surface area (TPSA) is 133 Å². The number of amides is 1. The highest BCUT2D eigenvalue weighted by atomic mass is 16.6. The van der Waals surface area contributed by atoms with E-state index in [-0.39, 0.29) is 29.2 Å². The number of hydrogen-bond donors (Lipinski definition) is 1. The molecule has 0 atom stereocenters. The van der Waals surface area contributed by atoms with E-state index in [4.69, 9.17) is 4.74 Å². The van der Waals surface area contributed by atoms with E-state index in [1.807, 2.05) is 6.92 Å². The van der Waals surface area contributed by atoms with Crippen LogP contribution in [0.2, 0.25) is 0 Å². The molecule has 1 heterocycles. The monoisotopic (exact) mass is 422 g/mol. The molecule has 0 radical (unpaired) electrons. The molecule has 1 N–H and O–H groups in total. The molecule has 0 fully saturated rings. The number of carbonyl (C=O) groups excluding carboxylic acids is 2. The molecule has 0 saturated carbocycles. The zero-order valence-corrected chi connectivity index (χ0v) is 16.7. The highest BCUT2D eigenvalue weighted by Crippen LogP contribution is 2.17. The van der Waals surface area contributed by atoms with Crippen molar-refractivity contribution in [1.82, 2.24) is 9.78 Å². The Hall–Kier alpha value is -4.34. The summed E-state index contributed by atoms with van der Waals surface area (Å²) in [6, 6.07) is 12.9. The van der Waals surface area contributed by atoms with Gasteiger partial charge in [0.15, 0.2) is 5.69 Å². The zero-order valence-electron chi connectivity index (χ0n) is 16.7. The van der Waals surface area contributed by atoms with E-state index in [2.05, 4.69) is 10.4 Å². The maximum absolute atomic E-state index is 12.6. The molecule has 0 unspecified atom stereocenters. The van der Waals surface area contributed by atoms with Gasteiger partial charge in [0, 0.05) is 23.8 Å². The Bertz CT molecular complexity index is 1200. The summed E-state index contributed by atoms with van der Waals surface area (Å²) in [7, 11) is 0. The minimum absolute atomic E-state index is 0.0694. The first-order valence-electron chi connectivity index (χ1n) is 9.24. The lowest BCUT2D eigenvalue weighted by Gasteiger charge is -2.12. The van der Waals surface area contributed by atoms with E-state index in [9.17, 15) is 24.5 Å². The Morgan fingerprint density at radius 1 is 1.13 bits per heavy atom. The Labute approximate surface area is 176 Å². The van der Waals surface area contributed by atoms with Gasteiger partial charge < -0.3 is 10.1 Å². The molecule has 1 amide bonds. The van der Waals surface area contributed by atoms with E-state index in [0.717, 1.165) is 16.3 Å². The normalized spacial score (nSPS) is 10.4. The molecule has 0 spiro atoms. The number of aryl methyl sites for hydroxylation is 1. The third-order valence-electron chi connectivity index (χ3n) is 4.27. The van der Waals surface area contributed by atoms with Gasteiger partial charge in [-0.25, -0.2) is 4.79 Å². The summed E-state index contributed by atoms with van der Waals surface area (Å²) < 4.78 is 6.04. The first-order chi connectivity index (χ1) is 14.8. The number of nitro groups is 1. The average Bonchev–Trinajstić information content (AvgIpc) is 2.75. The quantitative estimate of drug-likeness (QED) is 0.367. The van der Waals surface area contributed by atoms with Crippen molar-refractivity contribution >= 4 is 23.3 Å². The first-order valence-corrected chi connectivity index (χ1v) is 9.24. The number of nitro benzene ring substituents is 1. The second kappa shape index (κ2) is 8.99. The van der Waals surface area contributed by atoms with Gasteiger partial charge >= 0.3 is 5.97 Å². The van der Waals surface area contributed by atoms with E-state index in [1.54, 1.807) is 31.2 Å². The van der Waals surface area contributed by atoms with Crippen molar-refractivity contribution in [3.05, 3.63) is 91.9 Å². The molecule has 1 aromatic heterocycles. The zero-order chi connectivity index (χ0) is 22.5. The largest absolute Gasteiger partial charge is 0.461 e. The van der Waals surface area contributed by atoms with Crippen molar-refractivity contribution < 1.29 is 19.2 Å². The van der Waals surface area contributed by atoms with Crippen molar-refractivity contribution in [2.24, 2.45) is 0 Å². The van der Waals surface area contributed by atoms with Crippen LogP contribution < -0.4 is 10.9 Å². The van der Waals surface area contributed by atoms with Gasteiger partial charge in [0.2, 0.25) is 0 Å². The molecular formula is C21H18N4O6. The summed E-state index contributed by atoms with van der Waals surface area (Å²) in [4.78, 5) is 47.8. The van der Waals surface area contributed by atoms with Crippen LogP contribution in [0.4, 0.5) is 11.4 Å². The van der Waals surface area contributed by atoms with Crippen molar-refractivity contribution in [3.8, 4) is 5.69 Å². The fourth-order valence-corrected chi connectivity index (χ4v) is 2.70. The van der Waals surface area contributed by atoms with Gasteiger partial charge in [0.05, 0.1) is 22.9 Å². The molecule has 10 heteroatoms. The second-order valence-corrected chi connectivity index (χ2v) is 6.47. The van der Waals surface area contributed by atoms with Crippen LogP contribution >= 0.6 is 0 Å². The van der Waals surface area contributed by atoms with E-state index in [0.29, 0.717) is 5.69 Å². The van der Waals surface area contributed by atoms with Gasteiger partial charge in [0.1, 0.15) is 0 Å². The number of esters is 1. The first kappa shape index (κ1) is 21.4. The van der Waals surface area contributed by atoms with Gasteiger partial charge in [-0.3, -0.25) is 19.7 Å². The average molecular weight is 422 g/mol. The standard InChI is InChI=1S/C21H18N4O6/c1-3-31-21(28)19-17(22-20(27)14-6-10-16(11-7-14)25(29)30)12-18(26)24(23-19)15-8-4-13(2)5-9-15/h4-12H,3H2,1-2H3,(H,22,27). The molecule has 0 aliphatic rings. The third-order valence-corrected chi connectivity index (χ3v) is 4.27. The minimum atomic E-state index is -0.817. The Balaban J connectivity index is 2.00. The lowest BCUT2D eigenvalue weighted by atomic mass is 10.2. The van der Waals surface area contributed by atoms with Crippen LogP contribution in [-0.4, -0.2) is 33.2 Å². The van der Waals surface area contributed by atoms with Gasteiger partial charge in [-0.1, -0.05) is 17.7 Å². The molecule has 10 nitrogen and oxygen atoms in total. The SMILES string of the molecule is CCOC(=O)c1nn(-c2ccc(C)cc2)c(=O)cc1NC(=O)c1ccc([N+](=O)[O-])cc1. The van der Waals surface area contributed by atoms with Crippen LogP contribution in [0.1, 0.15) is 33.3 Å². The number of ether oxygens (including phenoxy) is 1.